The zero-order valence-corrected chi connectivity index (χ0v) is 12.1. The fourth-order valence-electron chi connectivity index (χ4n) is 3.17. The van der Waals surface area contributed by atoms with Gasteiger partial charge in [-0.15, -0.1) is 0 Å². The highest BCUT2D eigenvalue weighted by atomic mass is 15.1. The van der Waals surface area contributed by atoms with Crippen LogP contribution in [-0.2, 0) is 0 Å². The van der Waals surface area contributed by atoms with Gasteiger partial charge in [0.2, 0.25) is 0 Å². The number of hydrogen-bond donors (Lipinski definition) is 0. The van der Waals surface area contributed by atoms with E-state index in [0.717, 1.165) is 5.92 Å². The van der Waals surface area contributed by atoms with Crippen molar-refractivity contribution in [3.8, 4) is 0 Å². The summed E-state index contributed by atoms with van der Waals surface area (Å²) in [6.45, 7) is 10.6. The van der Waals surface area contributed by atoms with Gasteiger partial charge in [-0.25, -0.2) is 0 Å². The van der Waals surface area contributed by atoms with Gasteiger partial charge < -0.3 is 4.90 Å². The van der Waals surface area contributed by atoms with E-state index in [1.807, 2.05) is 0 Å². The Morgan fingerprint density at radius 2 is 1.94 bits per heavy atom. The van der Waals surface area contributed by atoms with Gasteiger partial charge in [-0.3, -0.25) is 0 Å². The van der Waals surface area contributed by atoms with Crippen LogP contribution >= 0.6 is 0 Å². The first-order valence-electron chi connectivity index (χ1n) is 6.73. The van der Waals surface area contributed by atoms with Gasteiger partial charge in [0.05, 0.1) is 0 Å². The van der Waals surface area contributed by atoms with Gasteiger partial charge in [-0.05, 0) is 58.0 Å². The van der Waals surface area contributed by atoms with E-state index >= 15 is 0 Å². The van der Waals surface area contributed by atoms with Crippen molar-refractivity contribution in [2.75, 3.05) is 20.6 Å². The normalized spacial score (nSPS) is 27.0. The molecule has 1 rings (SSSR count). The van der Waals surface area contributed by atoms with Crippen molar-refractivity contribution in [3.05, 3.63) is 11.1 Å². The van der Waals surface area contributed by atoms with Gasteiger partial charge in [0.25, 0.3) is 0 Å². The van der Waals surface area contributed by atoms with Crippen molar-refractivity contribution < 1.29 is 0 Å². The lowest BCUT2D eigenvalue weighted by atomic mass is 9.68. The Morgan fingerprint density at radius 3 is 2.38 bits per heavy atom. The van der Waals surface area contributed by atoms with Crippen LogP contribution in [0.4, 0.5) is 0 Å². The minimum atomic E-state index is 0.544. The third-order valence-corrected chi connectivity index (χ3v) is 4.24. The van der Waals surface area contributed by atoms with E-state index in [1.165, 1.54) is 32.2 Å². The molecule has 0 aliphatic heterocycles. The molecular weight excluding hydrogens is 194 g/mol. The molecular formula is C15H29N. The Balaban J connectivity index is 2.86. The standard InChI is InChI=1S/C15H29N/c1-7-15(11-16(5)6)9-8-13(4)14(10-15)12(2)3/h12H,7-11H2,1-6H3. The summed E-state index contributed by atoms with van der Waals surface area (Å²) in [4.78, 5) is 2.36. The van der Waals surface area contributed by atoms with Crippen LogP contribution in [0.2, 0.25) is 0 Å². The van der Waals surface area contributed by atoms with Crippen LogP contribution in [-0.4, -0.2) is 25.5 Å². The van der Waals surface area contributed by atoms with Gasteiger partial charge in [-0.2, -0.15) is 0 Å². The molecule has 1 atom stereocenters. The second kappa shape index (κ2) is 5.35. The van der Waals surface area contributed by atoms with Crippen LogP contribution in [0.1, 0.15) is 53.4 Å². The van der Waals surface area contributed by atoms with Crippen molar-refractivity contribution in [3.63, 3.8) is 0 Å². The molecule has 1 aliphatic rings. The lowest BCUT2D eigenvalue weighted by Crippen LogP contribution is -2.36. The van der Waals surface area contributed by atoms with E-state index in [1.54, 1.807) is 11.1 Å². The Bertz CT molecular complexity index is 263. The SMILES string of the molecule is CCC1(CN(C)C)CCC(C)=C(C(C)C)C1. The third kappa shape index (κ3) is 3.10. The number of allylic oxidation sites excluding steroid dienone is 2. The largest absolute Gasteiger partial charge is 0.309 e. The smallest absolute Gasteiger partial charge is 0.00350 e. The van der Waals surface area contributed by atoms with Crippen LogP contribution < -0.4 is 0 Å². The molecule has 16 heavy (non-hydrogen) atoms. The van der Waals surface area contributed by atoms with Gasteiger partial charge in [-0.1, -0.05) is 31.9 Å². The van der Waals surface area contributed by atoms with E-state index in [-0.39, 0.29) is 0 Å². The average molecular weight is 223 g/mol. The molecule has 0 heterocycles. The summed E-state index contributed by atoms with van der Waals surface area (Å²) in [7, 11) is 4.41. The van der Waals surface area contributed by atoms with Crippen LogP contribution in [0.25, 0.3) is 0 Å². The van der Waals surface area contributed by atoms with Crippen molar-refractivity contribution in [1.29, 1.82) is 0 Å². The molecule has 0 amide bonds. The Hall–Kier alpha value is -0.300. The summed E-state index contributed by atoms with van der Waals surface area (Å²) < 4.78 is 0. The Morgan fingerprint density at radius 1 is 1.31 bits per heavy atom. The third-order valence-electron chi connectivity index (χ3n) is 4.24. The number of nitrogens with zero attached hydrogens (tertiary/aromatic N) is 1. The number of hydrogen-bond acceptors (Lipinski definition) is 1. The molecule has 1 nitrogen and oxygen atoms in total. The highest BCUT2D eigenvalue weighted by Crippen LogP contribution is 2.44. The van der Waals surface area contributed by atoms with Crippen LogP contribution in [0.5, 0.6) is 0 Å². The topological polar surface area (TPSA) is 3.24 Å². The molecule has 94 valence electrons. The van der Waals surface area contributed by atoms with E-state index < -0.39 is 0 Å². The van der Waals surface area contributed by atoms with Gasteiger partial charge in [0, 0.05) is 6.54 Å². The first kappa shape index (κ1) is 13.8. The maximum Gasteiger partial charge on any atom is 0.00350 e. The lowest BCUT2D eigenvalue weighted by molar-refractivity contribution is 0.159. The maximum atomic E-state index is 2.36. The Labute approximate surface area is 102 Å². The molecule has 0 N–H and O–H groups in total. The summed E-state index contributed by atoms with van der Waals surface area (Å²) in [6.07, 6.45) is 5.33. The summed E-state index contributed by atoms with van der Waals surface area (Å²) in [5, 5.41) is 0. The number of rotatable bonds is 4. The summed E-state index contributed by atoms with van der Waals surface area (Å²) in [6, 6.07) is 0. The minimum absolute atomic E-state index is 0.544. The van der Waals surface area contributed by atoms with Crippen LogP contribution in [0.3, 0.4) is 0 Å². The quantitative estimate of drug-likeness (QED) is 0.649. The van der Waals surface area contributed by atoms with Crippen molar-refractivity contribution in [2.45, 2.75) is 53.4 Å². The molecule has 1 unspecified atom stereocenters. The summed E-state index contributed by atoms with van der Waals surface area (Å²) >= 11 is 0. The van der Waals surface area contributed by atoms with E-state index in [2.05, 4.69) is 46.7 Å². The monoisotopic (exact) mass is 223 g/mol. The van der Waals surface area contributed by atoms with E-state index in [9.17, 15) is 0 Å². The van der Waals surface area contributed by atoms with Gasteiger partial charge in [0.15, 0.2) is 0 Å². The highest BCUT2D eigenvalue weighted by molar-refractivity contribution is 5.20. The van der Waals surface area contributed by atoms with Crippen LogP contribution in [0, 0.1) is 11.3 Å². The molecule has 0 aromatic heterocycles. The Kier molecular flexibility index (Phi) is 4.61. The minimum Gasteiger partial charge on any atom is -0.309 e. The lowest BCUT2D eigenvalue weighted by Gasteiger charge is -2.41. The first-order chi connectivity index (χ1) is 7.40. The van der Waals surface area contributed by atoms with Crippen LogP contribution in [0.15, 0.2) is 11.1 Å². The van der Waals surface area contributed by atoms with Crippen molar-refractivity contribution in [1.82, 2.24) is 4.90 Å². The fraction of sp³-hybridized carbons (Fsp3) is 0.867. The molecule has 0 aromatic carbocycles. The summed E-state index contributed by atoms with van der Waals surface area (Å²) in [5.41, 5.74) is 3.94. The van der Waals surface area contributed by atoms with Gasteiger partial charge in [0.1, 0.15) is 0 Å². The highest BCUT2D eigenvalue weighted by Gasteiger charge is 2.34. The molecule has 1 aliphatic carbocycles. The molecule has 0 spiro atoms. The van der Waals surface area contributed by atoms with Crippen molar-refractivity contribution in [2.24, 2.45) is 11.3 Å². The van der Waals surface area contributed by atoms with E-state index in [4.69, 9.17) is 0 Å². The molecule has 0 saturated heterocycles. The fourth-order valence-corrected chi connectivity index (χ4v) is 3.17. The van der Waals surface area contributed by atoms with Gasteiger partial charge >= 0.3 is 0 Å². The second-order valence-corrected chi connectivity index (χ2v) is 6.23. The zero-order chi connectivity index (χ0) is 12.3. The first-order valence-corrected chi connectivity index (χ1v) is 6.73. The molecule has 0 aromatic rings. The second-order valence-electron chi connectivity index (χ2n) is 6.23. The molecule has 0 fully saturated rings. The van der Waals surface area contributed by atoms with Crippen molar-refractivity contribution >= 4 is 0 Å². The predicted octanol–water partition coefficient (Wildman–Crippen LogP) is 4.10. The zero-order valence-electron chi connectivity index (χ0n) is 12.1. The molecule has 1 heteroatoms. The average Bonchev–Trinajstić information content (AvgIpc) is 2.20. The molecule has 0 bridgehead atoms. The maximum absolute atomic E-state index is 2.36. The molecule has 0 radical (unpaired) electrons. The van der Waals surface area contributed by atoms with E-state index in [0.29, 0.717) is 5.41 Å². The molecule has 0 saturated carbocycles. The predicted molar refractivity (Wildman–Crippen MR) is 72.7 cm³/mol. The summed E-state index contributed by atoms with van der Waals surface area (Å²) in [5.74, 6) is 0.730.